The number of hydrogen-bond acceptors (Lipinski definition) is 8. The van der Waals surface area contributed by atoms with E-state index >= 15 is 0 Å². The zero-order valence-electron chi connectivity index (χ0n) is 18.7. The maximum Gasteiger partial charge on any atom is 0.266 e. The van der Waals surface area contributed by atoms with Gasteiger partial charge in [-0.25, -0.2) is 17.8 Å². The minimum atomic E-state index is -4.20. The molecule has 1 heterocycles. The van der Waals surface area contributed by atoms with Crippen molar-refractivity contribution < 1.29 is 12.8 Å². The molecule has 0 saturated carbocycles. The van der Waals surface area contributed by atoms with Gasteiger partial charge in [0.2, 0.25) is 5.13 Å². The Balaban J connectivity index is 2.21. The molecule has 1 aromatic heterocycles. The van der Waals surface area contributed by atoms with Crippen molar-refractivity contribution in [3.63, 3.8) is 0 Å². The van der Waals surface area contributed by atoms with Crippen LogP contribution in [0.3, 0.4) is 0 Å². The number of sulfonamides is 1. The Morgan fingerprint density at radius 1 is 1.31 bits per heavy atom. The molecule has 1 unspecified atom stereocenters. The first-order chi connectivity index (χ1) is 14.9. The molecule has 1 aromatic carbocycles. The highest BCUT2D eigenvalue weighted by Crippen LogP contribution is 2.33. The molecular weight excluding hydrogens is 475 g/mol. The molecule has 0 aliphatic rings. The molecule has 8 nitrogen and oxygen atoms in total. The molecule has 32 heavy (non-hydrogen) atoms. The highest BCUT2D eigenvalue weighted by atomic mass is 35.5. The molecule has 12 heteroatoms. The topological polar surface area (TPSA) is 136 Å². The van der Waals surface area contributed by atoms with Gasteiger partial charge >= 0.3 is 0 Å². The van der Waals surface area contributed by atoms with Crippen LogP contribution in [-0.2, 0) is 10.0 Å². The zero-order chi connectivity index (χ0) is 24.1. The van der Waals surface area contributed by atoms with Gasteiger partial charge < -0.3 is 16.8 Å². The molecule has 2 aromatic rings. The van der Waals surface area contributed by atoms with Gasteiger partial charge in [0.1, 0.15) is 17.0 Å². The summed E-state index contributed by atoms with van der Waals surface area (Å²) in [5.74, 6) is -0.595. The normalized spacial score (nSPS) is 14.4. The van der Waals surface area contributed by atoms with Gasteiger partial charge in [-0.3, -0.25) is 4.72 Å². The fourth-order valence-corrected chi connectivity index (χ4v) is 5.63. The molecule has 2 rings (SSSR count). The van der Waals surface area contributed by atoms with Crippen molar-refractivity contribution in [3.8, 4) is 0 Å². The lowest BCUT2D eigenvalue weighted by molar-refractivity contribution is 0.215. The van der Waals surface area contributed by atoms with Gasteiger partial charge in [0, 0.05) is 24.1 Å². The van der Waals surface area contributed by atoms with E-state index in [4.69, 9.17) is 23.1 Å². The van der Waals surface area contributed by atoms with Crippen molar-refractivity contribution in [1.82, 2.24) is 9.36 Å². The van der Waals surface area contributed by atoms with E-state index in [2.05, 4.69) is 47.1 Å². The maximum absolute atomic E-state index is 14.7. The zero-order valence-corrected chi connectivity index (χ0v) is 21.1. The quantitative estimate of drug-likeness (QED) is 0.342. The van der Waals surface area contributed by atoms with Gasteiger partial charge in [0.05, 0.1) is 10.7 Å². The molecule has 0 saturated heterocycles. The first kappa shape index (κ1) is 26.7. The van der Waals surface area contributed by atoms with E-state index < -0.39 is 20.7 Å². The van der Waals surface area contributed by atoms with Gasteiger partial charge in [0.25, 0.3) is 10.0 Å². The second-order valence-corrected chi connectivity index (χ2v) is 11.8. The molecule has 0 radical (unpaired) electrons. The molecule has 180 valence electrons. The minimum absolute atomic E-state index is 0.00303. The molecule has 2 atom stereocenters. The van der Waals surface area contributed by atoms with Crippen molar-refractivity contribution in [2.75, 3.05) is 23.1 Å². The van der Waals surface area contributed by atoms with Crippen molar-refractivity contribution in [3.05, 3.63) is 29.3 Å². The number of halogens is 2. The van der Waals surface area contributed by atoms with Crippen LogP contribution in [0.15, 0.2) is 23.4 Å². The molecule has 0 fully saturated rings. The van der Waals surface area contributed by atoms with Gasteiger partial charge in [-0.2, -0.15) is 4.37 Å². The Kier molecular flexibility index (Phi) is 9.24. The summed E-state index contributed by atoms with van der Waals surface area (Å²) in [6, 6.07) is 2.08. The van der Waals surface area contributed by atoms with E-state index in [0.717, 1.165) is 36.5 Å². The molecule has 0 aliphatic heterocycles. The van der Waals surface area contributed by atoms with Crippen LogP contribution in [0.1, 0.15) is 40.5 Å². The maximum atomic E-state index is 14.7. The standard InChI is InChI=1S/C20H32ClFN6O2S2/c1-12(2)18(24)13(9-20(3,4)5-6-23)10-25-16-8-15(22)17(7-14(16)21)32(29,30)28-19-26-11-27-31-19/h7-8,11-13,18,25H,5-6,9-10,23-24H2,1-4H3,(H,26,27,28)/t13-,18?/m0/s1. The Labute approximate surface area is 198 Å². The predicted octanol–water partition coefficient (Wildman–Crippen LogP) is 3.91. The van der Waals surface area contributed by atoms with Crippen molar-refractivity contribution in [2.24, 2.45) is 28.7 Å². The number of benzene rings is 1. The Morgan fingerprint density at radius 3 is 2.56 bits per heavy atom. The molecule has 0 amide bonds. The van der Waals surface area contributed by atoms with Crippen LogP contribution in [0.25, 0.3) is 0 Å². The summed E-state index contributed by atoms with van der Waals surface area (Å²) >= 11 is 7.15. The van der Waals surface area contributed by atoms with E-state index in [0.29, 0.717) is 18.8 Å². The van der Waals surface area contributed by atoms with Crippen molar-refractivity contribution in [2.45, 2.75) is 51.5 Å². The fraction of sp³-hybridized carbons (Fsp3) is 0.600. The predicted molar refractivity (Wildman–Crippen MR) is 129 cm³/mol. The Bertz CT molecular complexity index is 986. The number of nitrogens with zero attached hydrogens (tertiary/aromatic N) is 2. The summed E-state index contributed by atoms with van der Waals surface area (Å²) in [5, 5.41) is 3.28. The second kappa shape index (κ2) is 11.1. The van der Waals surface area contributed by atoms with Gasteiger partial charge in [0.15, 0.2) is 0 Å². The molecule has 6 N–H and O–H groups in total. The number of nitrogens with one attached hydrogen (secondary N) is 2. The minimum Gasteiger partial charge on any atom is -0.383 e. The third kappa shape index (κ3) is 7.24. The Morgan fingerprint density at radius 2 is 2.00 bits per heavy atom. The first-order valence-electron chi connectivity index (χ1n) is 10.3. The van der Waals surface area contributed by atoms with E-state index in [1.807, 2.05) is 0 Å². The summed E-state index contributed by atoms with van der Waals surface area (Å²) < 4.78 is 45.7. The van der Waals surface area contributed by atoms with Crippen LogP contribution in [0.5, 0.6) is 0 Å². The SMILES string of the molecule is CC(C)C(N)[C@H](CNc1cc(F)c(S(=O)(=O)Nc2ncns2)cc1Cl)CC(C)(C)CCN. The largest absolute Gasteiger partial charge is 0.383 e. The Hall–Kier alpha value is -1.53. The van der Waals surface area contributed by atoms with Gasteiger partial charge in [-0.1, -0.05) is 39.3 Å². The number of nitrogens with two attached hydrogens (primary N) is 2. The van der Waals surface area contributed by atoms with E-state index in [9.17, 15) is 12.8 Å². The molecule has 0 spiro atoms. The van der Waals surface area contributed by atoms with Crippen LogP contribution in [-0.4, -0.2) is 36.9 Å². The molecular formula is C20H32ClFN6O2S2. The van der Waals surface area contributed by atoms with E-state index in [1.54, 1.807) is 0 Å². The van der Waals surface area contributed by atoms with Crippen molar-refractivity contribution >= 4 is 44.0 Å². The summed E-state index contributed by atoms with van der Waals surface area (Å²) in [6.45, 7) is 9.47. The van der Waals surface area contributed by atoms with Gasteiger partial charge in [-0.05, 0) is 48.8 Å². The summed E-state index contributed by atoms with van der Waals surface area (Å²) in [5.41, 5.74) is 12.5. The summed E-state index contributed by atoms with van der Waals surface area (Å²) in [7, 11) is -4.20. The monoisotopic (exact) mass is 506 g/mol. The van der Waals surface area contributed by atoms with Crippen LogP contribution in [0.4, 0.5) is 15.2 Å². The first-order valence-corrected chi connectivity index (χ1v) is 13.0. The second-order valence-electron chi connectivity index (χ2n) is 8.98. The van der Waals surface area contributed by atoms with Crippen LogP contribution >= 0.6 is 23.1 Å². The molecule has 0 bridgehead atoms. The highest BCUT2D eigenvalue weighted by molar-refractivity contribution is 7.93. The summed E-state index contributed by atoms with van der Waals surface area (Å²) in [6.07, 6.45) is 2.89. The lowest BCUT2D eigenvalue weighted by atomic mass is 9.75. The van der Waals surface area contributed by atoms with Crippen LogP contribution in [0, 0.1) is 23.1 Å². The number of hydrogen-bond donors (Lipinski definition) is 4. The third-order valence-electron chi connectivity index (χ3n) is 5.40. The lowest BCUT2D eigenvalue weighted by Crippen LogP contribution is -2.41. The third-order valence-corrected chi connectivity index (χ3v) is 7.77. The average molecular weight is 507 g/mol. The highest BCUT2D eigenvalue weighted by Gasteiger charge is 2.29. The fourth-order valence-electron chi connectivity index (χ4n) is 3.59. The van der Waals surface area contributed by atoms with E-state index in [-0.39, 0.29) is 33.4 Å². The lowest BCUT2D eigenvalue weighted by Gasteiger charge is -2.34. The number of anilines is 2. The van der Waals surface area contributed by atoms with Crippen molar-refractivity contribution in [1.29, 1.82) is 0 Å². The summed E-state index contributed by atoms with van der Waals surface area (Å²) in [4.78, 5) is 3.18. The average Bonchev–Trinajstić information content (AvgIpc) is 3.18. The smallest absolute Gasteiger partial charge is 0.266 e. The van der Waals surface area contributed by atoms with Gasteiger partial charge in [-0.15, -0.1) is 0 Å². The van der Waals surface area contributed by atoms with Crippen LogP contribution in [0.2, 0.25) is 5.02 Å². The number of rotatable bonds is 12. The van der Waals surface area contributed by atoms with E-state index in [1.165, 1.54) is 6.33 Å². The number of aromatic nitrogens is 2. The molecule has 0 aliphatic carbocycles. The van der Waals surface area contributed by atoms with Crippen LogP contribution < -0.4 is 21.5 Å².